The molecule has 3 aliphatic heterocycles. The maximum absolute atomic E-state index is 13.0. The first-order valence-electron chi connectivity index (χ1n) is 17.1. The van der Waals surface area contributed by atoms with Crippen molar-refractivity contribution in [2.45, 2.75) is 101 Å². The molecule has 0 saturated carbocycles. The van der Waals surface area contributed by atoms with Crippen molar-refractivity contribution in [3.63, 3.8) is 0 Å². The predicted molar refractivity (Wildman–Crippen MR) is 184 cm³/mol. The predicted octanol–water partition coefficient (Wildman–Crippen LogP) is 0.474. The van der Waals surface area contributed by atoms with Crippen molar-refractivity contribution in [3.05, 3.63) is 28.8 Å². The van der Waals surface area contributed by atoms with Crippen molar-refractivity contribution in [1.29, 1.82) is 0 Å². The smallest absolute Gasteiger partial charge is 0.336 e. The second-order valence-corrected chi connectivity index (χ2v) is 15.7. The number of aromatic nitrogens is 1. The van der Waals surface area contributed by atoms with E-state index in [9.17, 15) is 34.8 Å². The molecule has 3 fully saturated rings. The van der Waals surface area contributed by atoms with E-state index in [-0.39, 0.29) is 24.0 Å². The summed E-state index contributed by atoms with van der Waals surface area (Å²) in [4.78, 5) is 46.9. The third-order valence-corrected chi connectivity index (χ3v) is 10.7. The van der Waals surface area contributed by atoms with Crippen molar-refractivity contribution in [2.75, 3.05) is 52.7 Å². The van der Waals surface area contributed by atoms with Gasteiger partial charge < -0.3 is 45.3 Å². The Morgan fingerprint density at radius 1 is 1.22 bits per heavy atom. The minimum absolute atomic E-state index is 0.0398. The number of thiazole rings is 1. The van der Waals surface area contributed by atoms with Gasteiger partial charge in [0.2, 0.25) is 5.91 Å². The molecule has 2 amide bonds. The van der Waals surface area contributed by atoms with Crippen molar-refractivity contribution in [2.24, 2.45) is 0 Å². The Morgan fingerprint density at radius 3 is 2.68 bits per heavy atom. The molecule has 2 aromatic rings. The fourth-order valence-electron chi connectivity index (χ4n) is 7.22. The normalized spacial score (nSPS) is 29.2. The van der Waals surface area contributed by atoms with Gasteiger partial charge in [0.05, 0.1) is 65.1 Å². The monoisotopic (exact) mass is 721 g/mol. The number of benzene rings is 1. The highest BCUT2D eigenvalue weighted by molar-refractivity contribution is 7.16. The zero-order valence-electron chi connectivity index (χ0n) is 29.4. The number of carbonyl (C=O) groups excluding carboxylic acids is 2. The number of likely N-dealkylation sites (tertiary alicyclic amines) is 1. The third-order valence-electron chi connectivity index (χ3n) is 9.94. The van der Waals surface area contributed by atoms with Crippen LogP contribution in [0.1, 0.15) is 62.9 Å². The van der Waals surface area contributed by atoms with Gasteiger partial charge >= 0.3 is 5.97 Å². The van der Waals surface area contributed by atoms with Gasteiger partial charge in [0.25, 0.3) is 5.91 Å². The van der Waals surface area contributed by atoms with Crippen LogP contribution in [0.5, 0.6) is 0 Å². The molecule has 4 heterocycles. The lowest BCUT2D eigenvalue weighted by atomic mass is 9.81. The lowest BCUT2D eigenvalue weighted by Gasteiger charge is -2.49. The Kier molecular flexibility index (Phi) is 11.9. The molecule has 5 rings (SSSR count). The van der Waals surface area contributed by atoms with Crippen molar-refractivity contribution < 1.29 is 49.0 Å². The zero-order valence-corrected chi connectivity index (χ0v) is 30.2. The molecule has 1 aromatic heterocycles. The quantitative estimate of drug-likeness (QED) is 0.177. The molecule has 15 nitrogen and oxygen atoms in total. The number of rotatable bonds is 12. The second kappa shape index (κ2) is 15.4. The highest BCUT2D eigenvalue weighted by Crippen LogP contribution is 2.38. The highest BCUT2D eigenvalue weighted by atomic mass is 32.1. The van der Waals surface area contributed by atoms with Gasteiger partial charge in [-0.3, -0.25) is 19.4 Å². The molecular weight excluding hydrogens is 670 g/mol. The molecular formula is C34H51N5O10S. The number of nitrogens with one attached hydrogen (secondary N) is 2. The lowest BCUT2D eigenvalue weighted by Crippen LogP contribution is -2.68. The summed E-state index contributed by atoms with van der Waals surface area (Å²) in [7, 11) is 0. The number of fused-ring (bicyclic) bond motifs is 1. The Balaban J connectivity index is 1.29. The minimum Gasteiger partial charge on any atom is -0.479 e. The summed E-state index contributed by atoms with van der Waals surface area (Å²) in [6, 6.07) is 2.14. The largest absolute Gasteiger partial charge is 0.479 e. The van der Waals surface area contributed by atoms with E-state index in [4.69, 9.17) is 14.2 Å². The molecule has 1 aromatic carbocycles. The number of carbonyl (C=O) groups is 3. The van der Waals surface area contributed by atoms with Crippen LogP contribution in [-0.2, 0) is 23.8 Å². The van der Waals surface area contributed by atoms with Gasteiger partial charge in [-0.05, 0) is 51.8 Å². The number of aryl methyl sites for hydroxylation is 1. The summed E-state index contributed by atoms with van der Waals surface area (Å²) >= 11 is 1.39. The van der Waals surface area contributed by atoms with Crippen LogP contribution in [0.3, 0.4) is 0 Å². The van der Waals surface area contributed by atoms with E-state index in [1.54, 1.807) is 17.6 Å². The van der Waals surface area contributed by atoms with Gasteiger partial charge in [0, 0.05) is 58.1 Å². The summed E-state index contributed by atoms with van der Waals surface area (Å²) in [6.07, 6.45) is -5.95. The molecule has 3 aliphatic rings. The molecule has 6 N–H and O–H groups in total. The molecule has 0 unspecified atom stereocenters. The number of carboxylic acids is 1. The molecule has 3 saturated heterocycles. The first kappa shape index (κ1) is 38.4. The SMILES string of the molecule is CC(=O)N[C@H]1[C@H]([C@H](O)[C@H](O)CNC(=O)c2cc(C)c3ncsc3c2)O[C@@](CCN2CCOC[C@@]23CCN(COC(C)(C)C)C3)(C(=O)O)C[C@@H]1O. The summed E-state index contributed by atoms with van der Waals surface area (Å²) in [5.74, 6) is -2.36. The van der Waals surface area contributed by atoms with E-state index < -0.39 is 60.4 Å². The first-order chi connectivity index (χ1) is 23.5. The van der Waals surface area contributed by atoms with E-state index in [1.807, 2.05) is 27.7 Å². The van der Waals surface area contributed by atoms with Gasteiger partial charge in [-0.2, -0.15) is 0 Å². The maximum atomic E-state index is 13.0. The van der Waals surface area contributed by atoms with Crippen LogP contribution in [-0.4, -0.2) is 153 Å². The third kappa shape index (κ3) is 8.62. The lowest BCUT2D eigenvalue weighted by molar-refractivity contribution is -0.231. The molecule has 16 heteroatoms. The van der Waals surface area contributed by atoms with Crippen LogP contribution in [0.25, 0.3) is 10.2 Å². The number of carboxylic acid groups (broad SMARTS) is 1. The number of hydrogen-bond acceptors (Lipinski definition) is 13. The Labute approximate surface area is 295 Å². The number of hydrogen-bond donors (Lipinski definition) is 6. The van der Waals surface area contributed by atoms with Gasteiger partial charge in [-0.1, -0.05) is 0 Å². The van der Waals surface area contributed by atoms with Gasteiger partial charge in [-0.25, -0.2) is 9.78 Å². The number of aliphatic hydroxyl groups excluding tert-OH is 3. The standard InChI is InChI=1S/C34H51N5O10S/c1-20-12-22(13-25-26(20)36-18-50-25)30(44)35-15-24(42)28(43)29-27(37-21(2)40)23(41)14-34(49-29,31(45)46)7-9-39-10-11-47-17-33(39)6-8-38(16-33)19-48-32(3,4)5/h12-13,18,23-24,27-29,41-43H,6-11,14-17,19H2,1-5H3,(H,35,44)(H,37,40)(H,45,46)/t23-,24+,27+,28+,29+,33-,34+/m0/s1. The summed E-state index contributed by atoms with van der Waals surface area (Å²) in [5.41, 5.74) is 1.04. The fraction of sp³-hybridized carbons (Fsp3) is 0.706. The zero-order chi connectivity index (χ0) is 36.4. The van der Waals surface area contributed by atoms with Crippen LogP contribution in [0.15, 0.2) is 17.6 Å². The Hall–Kier alpha value is -2.80. The van der Waals surface area contributed by atoms with E-state index in [0.717, 1.165) is 28.7 Å². The average molecular weight is 722 g/mol. The number of morpholine rings is 1. The molecule has 0 bridgehead atoms. The average Bonchev–Trinajstić information content (AvgIpc) is 3.70. The van der Waals surface area contributed by atoms with E-state index in [0.29, 0.717) is 45.1 Å². The molecule has 50 heavy (non-hydrogen) atoms. The van der Waals surface area contributed by atoms with E-state index in [2.05, 4.69) is 25.4 Å². The number of aliphatic carboxylic acids is 1. The molecule has 1 spiro atoms. The molecule has 7 atom stereocenters. The van der Waals surface area contributed by atoms with E-state index >= 15 is 0 Å². The number of aliphatic hydroxyl groups is 3. The number of ether oxygens (including phenoxy) is 3. The molecule has 0 radical (unpaired) electrons. The summed E-state index contributed by atoms with van der Waals surface area (Å²) < 4.78 is 18.9. The van der Waals surface area contributed by atoms with Crippen molar-refractivity contribution >= 4 is 39.3 Å². The number of nitrogens with zero attached hydrogens (tertiary/aromatic N) is 3. The first-order valence-corrected chi connectivity index (χ1v) is 17.9. The van der Waals surface area contributed by atoms with Gasteiger partial charge in [0.1, 0.15) is 12.2 Å². The second-order valence-electron chi connectivity index (χ2n) is 14.8. The topological polar surface area (TPSA) is 203 Å². The fourth-order valence-corrected chi connectivity index (χ4v) is 8.01. The van der Waals surface area contributed by atoms with Crippen LogP contribution in [0.4, 0.5) is 0 Å². The van der Waals surface area contributed by atoms with Crippen LogP contribution in [0, 0.1) is 6.92 Å². The van der Waals surface area contributed by atoms with Crippen molar-refractivity contribution in [3.8, 4) is 0 Å². The molecule has 278 valence electrons. The van der Waals surface area contributed by atoms with Crippen LogP contribution < -0.4 is 10.6 Å². The summed E-state index contributed by atoms with van der Waals surface area (Å²) in [5, 5.41) is 49.5. The minimum atomic E-state index is -1.95. The maximum Gasteiger partial charge on any atom is 0.336 e. The van der Waals surface area contributed by atoms with Crippen LogP contribution in [0.2, 0.25) is 0 Å². The van der Waals surface area contributed by atoms with Crippen LogP contribution >= 0.6 is 11.3 Å². The Bertz CT molecular complexity index is 1540. The van der Waals surface area contributed by atoms with Gasteiger partial charge in [-0.15, -0.1) is 11.3 Å². The highest BCUT2D eigenvalue weighted by Gasteiger charge is 2.55. The summed E-state index contributed by atoms with van der Waals surface area (Å²) in [6.45, 7) is 12.4. The molecule has 0 aliphatic carbocycles. The van der Waals surface area contributed by atoms with Crippen molar-refractivity contribution in [1.82, 2.24) is 25.4 Å². The number of amides is 2. The Morgan fingerprint density at radius 2 is 1.98 bits per heavy atom. The van der Waals surface area contributed by atoms with Gasteiger partial charge in [0.15, 0.2) is 5.60 Å². The van der Waals surface area contributed by atoms with E-state index in [1.165, 1.54) is 18.3 Å².